The molecule has 1 aromatic carbocycles. The average Bonchev–Trinajstić information content (AvgIpc) is 2.89. The predicted molar refractivity (Wildman–Crippen MR) is 92.4 cm³/mol. The minimum Gasteiger partial charge on any atom is -0.350 e. The second-order valence-corrected chi connectivity index (χ2v) is 5.46. The fourth-order valence-electron chi connectivity index (χ4n) is 1.76. The van der Waals surface area contributed by atoms with E-state index in [0.717, 1.165) is 12.1 Å². The fourth-order valence-corrected chi connectivity index (χ4v) is 1.76. The summed E-state index contributed by atoms with van der Waals surface area (Å²) in [5, 5.41) is 2.82. The molecule has 0 saturated carbocycles. The van der Waals surface area contributed by atoms with Crippen LogP contribution in [0, 0.1) is 0 Å². The number of hydrogen-bond acceptors (Lipinski definition) is 3. The Morgan fingerprint density at radius 2 is 1.82 bits per heavy atom. The summed E-state index contributed by atoms with van der Waals surface area (Å²) in [4.78, 5) is 15.7. The highest BCUT2D eigenvalue weighted by Gasteiger charge is 2.20. The lowest BCUT2D eigenvalue weighted by Crippen LogP contribution is -2.48. The number of hydrogen-bond donors (Lipinski definition) is 2. The van der Waals surface area contributed by atoms with Crippen LogP contribution in [0.5, 0.6) is 0 Å². The highest BCUT2D eigenvalue weighted by atomic mass is 35.5. The third-order valence-electron chi connectivity index (χ3n) is 2.99. The van der Waals surface area contributed by atoms with Crippen LogP contribution in [0.15, 0.2) is 43.0 Å². The van der Waals surface area contributed by atoms with Gasteiger partial charge in [-0.1, -0.05) is 24.3 Å². The molecule has 22 heavy (non-hydrogen) atoms. The number of halogens is 2. The van der Waals surface area contributed by atoms with Crippen molar-refractivity contribution in [2.45, 2.75) is 32.5 Å². The SMILES string of the molecule is CC(C)(N)C(=O)NCc1ccc(Cn2ccnc2)cc1.Cl.Cl. The van der Waals surface area contributed by atoms with E-state index in [0.29, 0.717) is 6.54 Å². The molecule has 3 N–H and O–H groups in total. The Labute approximate surface area is 143 Å². The lowest BCUT2D eigenvalue weighted by molar-refractivity contribution is -0.125. The van der Waals surface area contributed by atoms with E-state index < -0.39 is 5.54 Å². The van der Waals surface area contributed by atoms with Gasteiger partial charge in [-0.25, -0.2) is 4.98 Å². The topological polar surface area (TPSA) is 72.9 Å². The number of nitrogens with zero attached hydrogens (tertiary/aromatic N) is 2. The first-order valence-electron chi connectivity index (χ1n) is 6.56. The normalized spacial score (nSPS) is 10.3. The lowest BCUT2D eigenvalue weighted by Gasteiger charge is -2.17. The minimum absolute atomic E-state index is 0. The second kappa shape index (κ2) is 8.78. The van der Waals surface area contributed by atoms with Crippen molar-refractivity contribution in [3.8, 4) is 0 Å². The number of benzene rings is 1. The van der Waals surface area contributed by atoms with Crippen LogP contribution in [0.25, 0.3) is 0 Å². The first-order valence-corrected chi connectivity index (χ1v) is 6.56. The van der Waals surface area contributed by atoms with Crippen molar-refractivity contribution >= 4 is 30.7 Å². The van der Waals surface area contributed by atoms with E-state index >= 15 is 0 Å². The molecule has 0 aliphatic carbocycles. The van der Waals surface area contributed by atoms with Gasteiger partial charge < -0.3 is 15.6 Å². The first-order chi connectivity index (χ1) is 9.45. The summed E-state index contributed by atoms with van der Waals surface area (Å²) in [5.74, 6) is -0.153. The van der Waals surface area contributed by atoms with Crippen molar-refractivity contribution < 1.29 is 4.79 Å². The number of amides is 1. The molecular weight excluding hydrogens is 323 g/mol. The fraction of sp³-hybridized carbons (Fsp3) is 0.333. The average molecular weight is 345 g/mol. The minimum atomic E-state index is -0.846. The Bertz CT molecular complexity index is 562. The molecule has 0 unspecified atom stereocenters. The molecule has 0 atom stereocenters. The van der Waals surface area contributed by atoms with Gasteiger partial charge in [0.25, 0.3) is 0 Å². The Balaban J connectivity index is 0.00000220. The molecule has 2 rings (SSSR count). The molecule has 1 amide bonds. The van der Waals surface area contributed by atoms with Crippen LogP contribution < -0.4 is 11.1 Å². The Hall–Kier alpha value is -1.56. The largest absolute Gasteiger partial charge is 0.350 e. The number of aromatic nitrogens is 2. The zero-order valence-electron chi connectivity index (χ0n) is 12.7. The van der Waals surface area contributed by atoms with Gasteiger partial charge in [0, 0.05) is 25.5 Å². The van der Waals surface area contributed by atoms with Crippen LogP contribution in [0.4, 0.5) is 0 Å². The first kappa shape index (κ1) is 20.4. The number of carbonyl (C=O) groups excluding carboxylic acids is 1. The Morgan fingerprint density at radius 1 is 1.23 bits per heavy atom. The highest BCUT2D eigenvalue weighted by Crippen LogP contribution is 2.07. The van der Waals surface area contributed by atoms with Gasteiger partial charge in [0.05, 0.1) is 11.9 Å². The summed E-state index contributed by atoms with van der Waals surface area (Å²) in [7, 11) is 0. The number of carbonyl (C=O) groups is 1. The van der Waals surface area contributed by atoms with E-state index in [-0.39, 0.29) is 30.7 Å². The monoisotopic (exact) mass is 344 g/mol. The molecule has 0 fully saturated rings. The van der Waals surface area contributed by atoms with Crippen molar-refractivity contribution in [2.24, 2.45) is 5.73 Å². The molecule has 0 aliphatic heterocycles. The lowest BCUT2D eigenvalue weighted by atomic mass is 10.1. The summed E-state index contributed by atoms with van der Waals surface area (Å²) in [5.41, 5.74) is 7.12. The van der Waals surface area contributed by atoms with E-state index in [1.807, 2.05) is 22.9 Å². The van der Waals surface area contributed by atoms with Crippen LogP contribution in [0.3, 0.4) is 0 Å². The maximum absolute atomic E-state index is 11.7. The van der Waals surface area contributed by atoms with Gasteiger partial charge in [-0.15, -0.1) is 24.8 Å². The van der Waals surface area contributed by atoms with E-state index in [4.69, 9.17) is 5.73 Å². The third kappa shape index (κ3) is 6.05. The van der Waals surface area contributed by atoms with Gasteiger partial charge >= 0.3 is 0 Å². The quantitative estimate of drug-likeness (QED) is 0.872. The number of nitrogens with two attached hydrogens (primary N) is 1. The molecule has 2 aromatic rings. The van der Waals surface area contributed by atoms with Crippen molar-refractivity contribution in [3.05, 3.63) is 54.1 Å². The number of rotatable bonds is 5. The highest BCUT2D eigenvalue weighted by molar-refractivity contribution is 5.85. The van der Waals surface area contributed by atoms with Gasteiger partial charge in [-0.2, -0.15) is 0 Å². The van der Waals surface area contributed by atoms with Crippen LogP contribution >= 0.6 is 24.8 Å². The molecule has 0 saturated heterocycles. The molecule has 122 valence electrons. The number of imidazole rings is 1. The van der Waals surface area contributed by atoms with Crippen molar-refractivity contribution in [3.63, 3.8) is 0 Å². The Kier molecular flexibility index (Phi) is 8.16. The molecule has 0 spiro atoms. The van der Waals surface area contributed by atoms with Gasteiger partial charge in [-0.3, -0.25) is 4.79 Å². The summed E-state index contributed by atoms with van der Waals surface area (Å²) in [6, 6.07) is 8.12. The van der Waals surface area contributed by atoms with Crippen LogP contribution in [-0.2, 0) is 17.9 Å². The van der Waals surface area contributed by atoms with Crippen LogP contribution in [-0.4, -0.2) is 21.0 Å². The summed E-state index contributed by atoms with van der Waals surface area (Å²) in [6.07, 6.45) is 5.48. The van der Waals surface area contributed by atoms with E-state index in [1.165, 1.54) is 5.56 Å². The van der Waals surface area contributed by atoms with Crippen LogP contribution in [0.2, 0.25) is 0 Å². The molecule has 1 heterocycles. The van der Waals surface area contributed by atoms with Gasteiger partial charge in [-0.05, 0) is 25.0 Å². The smallest absolute Gasteiger partial charge is 0.239 e. The third-order valence-corrected chi connectivity index (χ3v) is 2.99. The zero-order chi connectivity index (χ0) is 14.6. The van der Waals surface area contributed by atoms with Crippen molar-refractivity contribution in [2.75, 3.05) is 0 Å². The maximum atomic E-state index is 11.7. The van der Waals surface area contributed by atoms with Gasteiger partial charge in [0.1, 0.15) is 0 Å². The van der Waals surface area contributed by atoms with E-state index in [9.17, 15) is 4.79 Å². The molecule has 0 aliphatic rings. The standard InChI is InChI=1S/C15H20N4O.2ClH/c1-15(2,16)14(20)18-9-12-3-5-13(6-4-12)10-19-8-7-17-11-19;;/h3-8,11H,9-10,16H2,1-2H3,(H,18,20);2*1H. The van der Waals surface area contributed by atoms with Gasteiger partial charge in [0.15, 0.2) is 0 Å². The van der Waals surface area contributed by atoms with E-state index in [2.05, 4.69) is 22.4 Å². The second-order valence-electron chi connectivity index (χ2n) is 5.46. The molecule has 0 radical (unpaired) electrons. The molecule has 1 aromatic heterocycles. The Morgan fingerprint density at radius 3 is 2.32 bits per heavy atom. The zero-order valence-corrected chi connectivity index (χ0v) is 14.3. The predicted octanol–water partition coefficient (Wildman–Crippen LogP) is 2.13. The molecule has 0 bridgehead atoms. The van der Waals surface area contributed by atoms with Crippen molar-refractivity contribution in [1.29, 1.82) is 0 Å². The molecular formula is C15H22Cl2N4O. The van der Waals surface area contributed by atoms with Crippen molar-refractivity contribution in [1.82, 2.24) is 14.9 Å². The summed E-state index contributed by atoms with van der Waals surface area (Å²) < 4.78 is 2.01. The van der Waals surface area contributed by atoms with Crippen LogP contribution in [0.1, 0.15) is 25.0 Å². The molecule has 7 heteroatoms. The summed E-state index contributed by atoms with van der Waals surface area (Å²) >= 11 is 0. The summed E-state index contributed by atoms with van der Waals surface area (Å²) in [6.45, 7) is 4.67. The number of nitrogens with one attached hydrogen (secondary N) is 1. The maximum Gasteiger partial charge on any atom is 0.239 e. The van der Waals surface area contributed by atoms with Gasteiger partial charge in [0.2, 0.25) is 5.91 Å². The molecule has 5 nitrogen and oxygen atoms in total. The van der Waals surface area contributed by atoms with E-state index in [1.54, 1.807) is 26.4 Å².